The van der Waals surface area contributed by atoms with Crippen molar-refractivity contribution in [2.45, 2.75) is 37.9 Å². The van der Waals surface area contributed by atoms with Gasteiger partial charge < -0.3 is 19.3 Å². The van der Waals surface area contributed by atoms with Crippen molar-refractivity contribution in [1.29, 1.82) is 0 Å². The third-order valence-electron chi connectivity index (χ3n) is 6.52. The molecule has 158 valence electrons. The van der Waals surface area contributed by atoms with Crippen LogP contribution in [0.25, 0.3) is 11.1 Å². The number of hydrogen-bond acceptors (Lipinski definition) is 5. The monoisotopic (exact) mass is 407 g/mol. The molecule has 0 saturated carbocycles. The van der Waals surface area contributed by atoms with Gasteiger partial charge in [0.25, 0.3) is 5.91 Å². The second-order valence-corrected chi connectivity index (χ2v) is 8.43. The largest absolute Gasteiger partial charge is 0.357 e. The molecule has 3 saturated heterocycles. The summed E-state index contributed by atoms with van der Waals surface area (Å²) in [6, 6.07) is 12.1. The molecule has 3 aliphatic rings. The highest BCUT2D eigenvalue weighted by Crippen LogP contribution is 2.32. The highest BCUT2D eigenvalue weighted by Gasteiger charge is 2.40. The maximum atomic E-state index is 12.9. The molecule has 4 heterocycles. The fourth-order valence-electron chi connectivity index (χ4n) is 4.69. The minimum atomic E-state index is -0.450. The molecule has 1 aromatic heterocycles. The van der Waals surface area contributed by atoms with E-state index >= 15 is 0 Å². The summed E-state index contributed by atoms with van der Waals surface area (Å²) >= 11 is 0. The normalized spacial score (nSPS) is 21.2. The molecule has 6 nitrogen and oxygen atoms in total. The van der Waals surface area contributed by atoms with Crippen molar-refractivity contribution in [3.05, 3.63) is 48.2 Å². The van der Waals surface area contributed by atoms with Crippen molar-refractivity contribution >= 4 is 11.7 Å². The molecule has 1 aromatic carbocycles. The Bertz CT molecular complexity index is 860. The van der Waals surface area contributed by atoms with Gasteiger partial charge in [-0.1, -0.05) is 12.1 Å². The number of nitrogens with zero attached hydrogens (tertiary/aromatic N) is 3. The maximum Gasteiger partial charge on any atom is 0.253 e. The first-order valence-electron chi connectivity index (χ1n) is 11.1. The van der Waals surface area contributed by atoms with Crippen LogP contribution in [0.15, 0.2) is 42.6 Å². The van der Waals surface area contributed by atoms with Gasteiger partial charge in [0.05, 0.1) is 13.2 Å². The molecule has 0 unspecified atom stereocenters. The van der Waals surface area contributed by atoms with Gasteiger partial charge in [0, 0.05) is 56.3 Å². The van der Waals surface area contributed by atoms with Crippen molar-refractivity contribution in [2.24, 2.45) is 0 Å². The summed E-state index contributed by atoms with van der Waals surface area (Å²) in [5.74, 6) is 0.685. The van der Waals surface area contributed by atoms with Crippen LogP contribution < -0.4 is 4.90 Å². The predicted octanol–water partition coefficient (Wildman–Crippen LogP) is 3.72. The molecule has 3 fully saturated rings. The average molecular weight is 408 g/mol. The molecular formula is C24H29N3O3. The lowest BCUT2D eigenvalue weighted by Gasteiger charge is -2.37. The lowest BCUT2D eigenvalue weighted by Crippen LogP contribution is -2.47. The van der Waals surface area contributed by atoms with Crippen LogP contribution in [-0.2, 0) is 9.47 Å². The minimum absolute atomic E-state index is 0.0768. The van der Waals surface area contributed by atoms with Crippen LogP contribution >= 0.6 is 0 Å². The fraction of sp³-hybridized carbons (Fsp3) is 0.500. The van der Waals surface area contributed by atoms with E-state index in [0.29, 0.717) is 26.3 Å². The van der Waals surface area contributed by atoms with Gasteiger partial charge in [-0.2, -0.15) is 0 Å². The molecule has 1 spiro atoms. The van der Waals surface area contributed by atoms with Gasteiger partial charge in [-0.15, -0.1) is 0 Å². The van der Waals surface area contributed by atoms with E-state index < -0.39 is 5.79 Å². The number of likely N-dealkylation sites (tertiary alicyclic amines) is 1. The molecule has 3 aliphatic heterocycles. The summed E-state index contributed by atoms with van der Waals surface area (Å²) in [5, 5.41) is 0. The Morgan fingerprint density at radius 2 is 1.50 bits per heavy atom. The van der Waals surface area contributed by atoms with E-state index in [4.69, 9.17) is 9.47 Å². The summed E-state index contributed by atoms with van der Waals surface area (Å²) < 4.78 is 11.5. The Hall–Kier alpha value is -2.44. The van der Waals surface area contributed by atoms with Crippen LogP contribution in [0.2, 0.25) is 0 Å². The number of rotatable bonds is 3. The van der Waals surface area contributed by atoms with Crippen LogP contribution in [0.5, 0.6) is 0 Å². The Morgan fingerprint density at radius 1 is 0.833 bits per heavy atom. The summed E-state index contributed by atoms with van der Waals surface area (Å²) in [6.45, 7) is 4.84. The number of carbonyl (C=O) groups excluding carboxylic acids is 1. The van der Waals surface area contributed by atoms with Gasteiger partial charge in [-0.25, -0.2) is 4.98 Å². The number of ether oxygens (including phenoxy) is 2. The number of carbonyl (C=O) groups is 1. The van der Waals surface area contributed by atoms with Crippen LogP contribution in [-0.4, -0.2) is 61.0 Å². The van der Waals surface area contributed by atoms with Crippen molar-refractivity contribution in [2.75, 3.05) is 44.3 Å². The van der Waals surface area contributed by atoms with E-state index in [2.05, 4.69) is 22.0 Å². The Kier molecular flexibility index (Phi) is 5.44. The van der Waals surface area contributed by atoms with Crippen LogP contribution in [0.1, 0.15) is 42.5 Å². The van der Waals surface area contributed by atoms with Crippen molar-refractivity contribution in [1.82, 2.24) is 9.88 Å². The molecule has 6 heteroatoms. The Labute approximate surface area is 177 Å². The fourth-order valence-corrected chi connectivity index (χ4v) is 4.69. The van der Waals surface area contributed by atoms with Gasteiger partial charge in [0.1, 0.15) is 5.82 Å². The number of hydrogen-bond donors (Lipinski definition) is 0. The number of pyridine rings is 1. The Morgan fingerprint density at radius 3 is 2.13 bits per heavy atom. The van der Waals surface area contributed by atoms with Crippen molar-refractivity contribution in [3.63, 3.8) is 0 Å². The maximum absolute atomic E-state index is 12.9. The highest BCUT2D eigenvalue weighted by molar-refractivity contribution is 5.94. The van der Waals surface area contributed by atoms with Gasteiger partial charge >= 0.3 is 0 Å². The van der Waals surface area contributed by atoms with Crippen LogP contribution in [0.3, 0.4) is 0 Å². The molecule has 5 rings (SSSR count). The van der Waals surface area contributed by atoms with E-state index in [1.54, 1.807) is 0 Å². The molecule has 0 N–H and O–H groups in total. The molecule has 0 aliphatic carbocycles. The quantitative estimate of drug-likeness (QED) is 0.776. The topological polar surface area (TPSA) is 54.9 Å². The molecule has 30 heavy (non-hydrogen) atoms. The molecule has 0 atom stereocenters. The smallest absolute Gasteiger partial charge is 0.253 e. The number of amides is 1. The van der Waals surface area contributed by atoms with E-state index in [1.165, 1.54) is 19.3 Å². The summed E-state index contributed by atoms with van der Waals surface area (Å²) in [4.78, 5) is 21.8. The zero-order chi connectivity index (χ0) is 20.4. The van der Waals surface area contributed by atoms with Crippen LogP contribution in [0.4, 0.5) is 5.82 Å². The lowest BCUT2D eigenvalue weighted by molar-refractivity contribution is -0.181. The molecule has 0 radical (unpaired) electrons. The van der Waals surface area contributed by atoms with E-state index in [1.807, 2.05) is 35.4 Å². The van der Waals surface area contributed by atoms with Gasteiger partial charge in [-0.05, 0) is 49.1 Å². The first-order chi connectivity index (χ1) is 14.7. The average Bonchev–Trinajstić information content (AvgIpc) is 3.28. The molecular weight excluding hydrogens is 378 g/mol. The van der Waals surface area contributed by atoms with Crippen molar-refractivity contribution < 1.29 is 14.3 Å². The minimum Gasteiger partial charge on any atom is -0.357 e. The van der Waals surface area contributed by atoms with Gasteiger partial charge in [0.2, 0.25) is 0 Å². The van der Waals surface area contributed by atoms with E-state index in [9.17, 15) is 4.79 Å². The zero-order valence-electron chi connectivity index (χ0n) is 17.4. The second kappa shape index (κ2) is 8.36. The molecule has 1 amide bonds. The number of aromatic nitrogens is 1. The summed E-state index contributed by atoms with van der Waals surface area (Å²) in [7, 11) is 0. The first-order valence-corrected chi connectivity index (χ1v) is 11.1. The third-order valence-corrected chi connectivity index (χ3v) is 6.52. The third kappa shape index (κ3) is 3.94. The second-order valence-electron chi connectivity index (χ2n) is 8.43. The standard InChI is InChI=1S/C24H29N3O3/c28-23(27-14-10-24(11-15-27)29-16-17-30-24)20-6-4-19(5-7-20)21-8-9-22(25-18-21)26-12-2-1-3-13-26/h4-9,18H,1-3,10-17H2. The molecule has 2 aromatic rings. The van der Waals surface area contributed by atoms with E-state index in [0.717, 1.165) is 48.4 Å². The first kappa shape index (κ1) is 19.5. The summed E-state index contributed by atoms with van der Waals surface area (Å²) in [6.07, 6.45) is 7.23. The van der Waals surface area contributed by atoms with E-state index in [-0.39, 0.29) is 5.91 Å². The Balaban J connectivity index is 1.22. The lowest BCUT2D eigenvalue weighted by atomic mass is 10.0. The van der Waals surface area contributed by atoms with Crippen molar-refractivity contribution in [3.8, 4) is 11.1 Å². The zero-order valence-corrected chi connectivity index (χ0v) is 17.4. The van der Waals surface area contributed by atoms with Gasteiger partial charge in [-0.3, -0.25) is 4.79 Å². The predicted molar refractivity (Wildman–Crippen MR) is 116 cm³/mol. The highest BCUT2D eigenvalue weighted by atomic mass is 16.7. The van der Waals surface area contributed by atoms with Gasteiger partial charge in [0.15, 0.2) is 5.79 Å². The van der Waals surface area contributed by atoms with Crippen LogP contribution in [0, 0.1) is 0 Å². The summed E-state index contributed by atoms with van der Waals surface area (Å²) in [5.41, 5.74) is 2.88. The molecule has 0 bridgehead atoms. The number of piperidine rings is 2. The number of anilines is 1. The number of benzene rings is 1. The SMILES string of the molecule is O=C(c1ccc(-c2ccc(N3CCCCC3)nc2)cc1)N1CCC2(CC1)OCCO2.